The van der Waals surface area contributed by atoms with Crippen LogP contribution in [0.15, 0.2) is 48.5 Å². The van der Waals surface area contributed by atoms with Crippen LogP contribution < -0.4 is 0 Å². The summed E-state index contributed by atoms with van der Waals surface area (Å²) in [7, 11) is 0. The lowest BCUT2D eigenvalue weighted by Gasteiger charge is -2.16. The quantitative estimate of drug-likeness (QED) is 0.715. The maximum absolute atomic E-state index is 13.1. The van der Waals surface area contributed by atoms with Crippen LogP contribution in [0.2, 0.25) is 5.02 Å². The number of hydrogen-bond acceptors (Lipinski definition) is 0. The Morgan fingerprint density at radius 3 is 2.35 bits per heavy atom. The maximum atomic E-state index is 13.1. The van der Waals surface area contributed by atoms with E-state index in [0.717, 1.165) is 12.0 Å². The van der Waals surface area contributed by atoms with Crippen LogP contribution in [0.1, 0.15) is 30.4 Å². The van der Waals surface area contributed by atoms with E-state index in [1.54, 1.807) is 6.07 Å². The Labute approximate surface area is 106 Å². The van der Waals surface area contributed by atoms with Gasteiger partial charge < -0.3 is 0 Å². The molecule has 0 radical (unpaired) electrons. The standard InChI is InChI=1S/C15H14ClF/c1-2-13(11-6-4-3-5-7-11)12-8-9-15(17)14(16)10-12/h3-10,13H,2H2,1H3. The van der Waals surface area contributed by atoms with E-state index < -0.39 is 0 Å². The van der Waals surface area contributed by atoms with E-state index in [-0.39, 0.29) is 16.8 Å². The van der Waals surface area contributed by atoms with Crippen LogP contribution in [-0.4, -0.2) is 0 Å². The molecule has 0 heterocycles. The van der Waals surface area contributed by atoms with Crippen LogP contribution in [0, 0.1) is 5.82 Å². The Morgan fingerprint density at radius 2 is 1.76 bits per heavy atom. The second-order valence-electron chi connectivity index (χ2n) is 4.05. The molecule has 0 bridgehead atoms. The predicted octanol–water partition coefficient (Wildman–Crippen LogP) is 5.02. The Balaban J connectivity index is 2.39. The summed E-state index contributed by atoms with van der Waals surface area (Å²) >= 11 is 5.83. The first-order valence-electron chi connectivity index (χ1n) is 5.72. The summed E-state index contributed by atoms with van der Waals surface area (Å²) in [5.41, 5.74) is 2.29. The first-order valence-corrected chi connectivity index (χ1v) is 6.10. The van der Waals surface area contributed by atoms with Crippen LogP contribution in [0.5, 0.6) is 0 Å². The molecule has 17 heavy (non-hydrogen) atoms. The number of hydrogen-bond donors (Lipinski definition) is 0. The lowest BCUT2D eigenvalue weighted by molar-refractivity contribution is 0.626. The predicted molar refractivity (Wildman–Crippen MR) is 70.0 cm³/mol. The van der Waals surface area contributed by atoms with Crippen molar-refractivity contribution in [3.8, 4) is 0 Å². The molecule has 2 rings (SSSR count). The average molecular weight is 249 g/mol. The van der Waals surface area contributed by atoms with Crippen LogP contribution in [0.4, 0.5) is 4.39 Å². The van der Waals surface area contributed by atoms with Crippen molar-refractivity contribution < 1.29 is 4.39 Å². The molecule has 2 aromatic rings. The summed E-state index contributed by atoms with van der Waals surface area (Å²) < 4.78 is 13.1. The minimum atomic E-state index is -0.363. The number of benzene rings is 2. The first kappa shape index (κ1) is 12.1. The molecule has 0 nitrogen and oxygen atoms in total. The van der Waals surface area contributed by atoms with Crippen LogP contribution in [-0.2, 0) is 0 Å². The Bertz CT molecular complexity index is 494. The van der Waals surface area contributed by atoms with Gasteiger partial charge in [-0.3, -0.25) is 0 Å². The highest BCUT2D eigenvalue weighted by Crippen LogP contribution is 2.30. The van der Waals surface area contributed by atoms with E-state index >= 15 is 0 Å². The molecule has 0 saturated carbocycles. The van der Waals surface area contributed by atoms with Gasteiger partial charge in [0.2, 0.25) is 0 Å². The molecule has 88 valence electrons. The van der Waals surface area contributed by atoms with Crippen molar-refractivity contribution in [3.63, 3.8) is 0 Å². The minimum absolute atomic E-state index is 0.192. The summed E-state index contributed by atoms with van der Waals surface area (Å²) in [6.07, 6.45) is 0.964. The van der Waals surface area contributed by atoms with Crippen molar-refractivity contribution in [2.24, 2.45) is 0 Å². The Hall–Kier alpha value is -1.34. The molecule has 2 aromatic carbocycles. The van der Waals surface area contributed by atoms with Gasteiger partial charge >= 0.3 is 0 Å². The zero-order valence-corrected chi connectivity index (χ0v) is 10.4. The minimum Gasteiger partial charge on any atom is -0.205 e. The summed E-state index contributed by atoms with van der Waals surface area (Å²) in [6, 6.07) is 15.2. The van der Waals surface area contributed by atoms with Gasteiger partial charge in [-0.05, 0) is 29.7 Å². The first-order chi connectivity index (χ1) is 8.22. The summed E-state index contributed by atoms with van der Waals surface area (Å²) in [6.45, 7) is 2.12. The van der Waals surface area contributed by atoms with Gasteiger partial charge in [0.05, 0.1) is 5.02 Å². The van der Waals surface area contributed by atoms with Crippen molar-refractivity contribution in [3.05, 3.63) is 70.5 Å². The summed E-state index contributed by atoms with van der Waals surface area (Å²) in [5.74, 6) is -0.0902. The van der Waals surface area contributed by atoms with Gasteiger partial charge in [-0.1, -0.05) is 54.9 Å². The lowest BCUT2D eigenvalue weighted by atomic mass is 9.89. The molecule has 2 heteroatoms. The van der Waals surface area contributed by atoms with Gasteiger partial charge in [0.25, 0.3) is 0 Å². The second-order valence-corrected chi connectivity index (χ2v) is 4.45. The van der Waals surface area contributed by atoms with Crippen molar-refractivity contribution >= 4 is 11.6 Å². The highest BCUT2D eigenvalue weighted by Gasteiger charge is 2.13. The molecule has 0 spiro atoms. The van der Waals surface area contributed by atoms with E-state index in [9.17, 15) is 4.39 Å². The summed E-state index contributed by atoms with van der Waals surface area (Å²) in [4.78, 5) is 0. The monoisotopic (exact) mass is 248 g/mol. The molecular formula is C15H14ClF. The fraction of sp³-hybridized carbons (Fsp3) is 0.200. The van der Waals surface area contributed by atoms with Crippen molar-refractivity contribution in [1.29, 1.82) is 0 Å². The SMILES string of the molecule is CCC(c1ccccc1)c1ccc(F)c(Cl)c1. The molecule has 1 atom stereocenters. The largest absolute Gasteiger partial charge is 0.205 e. The molecule has 0 saturated heterocycles. The van der Waals surface area contributed by atoms with E-state index in [1.165, 1.54) is 11.6 Å². The Morgan fingerprint density at radius 1 is 1.06 bits per heavy atom. The average Bonchev–Trinajstić information content (AvgIpc) is 2.36. The van der Waals surface area contributed by atoms with Gasteiger partial charge in [-0.15, -0.1) is 0 Å². The smallest absolute Gasteiger partial charge is 0.141 e. The number of rotatable bonds is 3. The molecule has 0 aliphatic carbocycles. The van der Waals surface area contributed by atoms with Gasteiger partial charge in [-0.2, -0.15) is 0 Å². The molecule has 0 aliphatic rings. The van der Waals surface area contributed by atoms with Crippen molar-refractivity contribution in [2.45, 2.75) is 19.3 Å². The molecular weight excluding hydrogens is 235 g/mol. The highest BCUT2D eigenvalue weighted by atomic mass is 35.5. The van der Waals surface area contributed by atoms with Gasteiger partial charge in [0, 0.05) is 5.92 Å². The third-order valence-electron chi connectivity index (χ3n) is 2.96. The molecule has 1 unspecified atom stereocenters. The van der Waals surface area contributed by atoms with Crippen LogP contribution >= 0.6 is 11.6 Å². The number of halogens is 2. The van der Waals surface area contributed by atoms with Gasteiger partial charge in [-0.25, -0.2) is 4.39 Å². The molecule has 0 aliphatic heterocycles. The topological polar surface area (TPSA) is 0 Å². The van der Waals surface area contributed by atoms with E-state index in [2.05, 4.69) is 19.1 Å². The highest BCUT2D eigenvalue weighted by molar-refractivity contribution is 6.30. The van der Waals surface area contributed by atoms with Crippen LogP contribution in [0.3, 0.4) is 0 Å². The van der Waals surface area contributed by atoms with E-state index in [0.29, 0.717) is 0 Å². The van der Waals surface area contributed by atoms with Crippen molar-refractivity contribution in [2.75, 3.05) is 0 Å². The normalized spacial score (nSPS) is 12.4. The summed E-state index contributed by atoms with van der Waals surface area (Å²) in [5, 5.41) is 0.192. The lowest BCUT2D eigenvalue weighted by Crippen LogP contribution is -1.99. The molecule has 0 amide bonds. The molecule has 0 aromatic heterocycles. The Kier molecular flexibility index (Phi) is 3.80. The zero-order chi connectivity index (χ0) is 12.3. The fourth-order valence-corrected chi connectivity index (χ4v) is 2.27. The fourth-order valence-electron chi connectivity index (χ4n) is 2.08. The zero-order valence-electron chi connectivity index (χ0n) is 9.66. The molecule has 0 N–H and O–H groups in total. The molecule has 0 fully saturated rings. The second kappa shape index (κ2) is 5.33. The third-order valence-corrected chi connectivity index (χ3v) is 3.25. The maximum Gasteiger partial charge on any atom is 0.141 e. The van der Waals surface area contributed by atoms with Gasteiger partial charge in [0.15, 0.2) is 0 Å². The van der Waals surface area contributed by atoms with Gasteiger partial charge in [0.1, 0.15) is 5.82 Å². The van der Waals surface area contributed by atoms with Crippen LogP contribution in [0.25, 0.3) is 0 Å². The van der Waals surface area contributed by atoms with Crippen molar-refractivity contribution in [1.82, 2.24) is 0 Å². The third kappa shape index (κ3) is 2.67. The van der Waals surface area contributed by atoms with E-state index in [4.69, 9.17) is 11.6 Å². The van der Waals surface area contributed by atoms with E-state index in [1.807, 2.05) is 24.3 Å².